The van der Waals surface area contributed by atoms with E-state index in [1.54, 1.807) is 0 Å². The smallest absolute Gasteiger partial charge is 0.254 e. The van der Waals surface area contributed by atoms with Crippen molar-refractivity contribution in [1.82, 2.24) is 5.32 Å². The van der Waals surface area contributed by atoms with Crippen molar-refractivity contribution in [3.05, 3.63) is 81.8 Å². The maximum atomic E-state index is 14.3. The molecule has 2 aromatic carbocycles. The van der Waals surface area contributed by atoms with Gasteiger partial charge in [0, 0.05) is 30.1 Å². The number of nitrogens with two attached hydrogens (primary N) is 2. The number of halogens is 1. The molecule has 1 amide bonds. The Balaban J connectivity index is 2.02. The number of hydrogen-bond acceptors (Lipinski definition) is 6. The molecule has 9 heteroatoms. The summed E-state index contributed by atoms with van der Waals surface area (Å²) in [6.45, 7) is 3.77. The minimum Gasteiger partial charge on any atom is -0.404 e. The minimum atomic E-state index is -0.700. The van der Waals surface area contributed by atoms with Crippen LogP contribution in [0.5, 0.6) is 0 Å². The van der Waals surface area contributed by atoms with Crippen LogP contribution < -0.4 is 16.8 Å². The lowest BCUT2D eigenvalue weighted by Crippen LogP contribution is -2.26. The minimum absolute atomic E-state index is 0.0102. The topological polar surface area (TPSA) is 165 Å². The van der Waals surface area contributed by atoms with Gasteiger partial charge in [0.25, 0.3) is 5.91 Å². The van der Waals surface area contributed by atoms with Crippen molar-refractivity contribution < 1.29 is 9.18 Å². The van der Waals surface area contributed by atoms with Crippen LogP contribution in [0.4, 0.5) is 4.39 Å². The van der Waals surface area contributed by atoms with E-state index in [2.05, 4.69) is 16.4 Å². The zero-order chi connectivity index (χ0) is 24.6. The molecule has 2 rings (SSSR count). The van der Waals surface area contributed by atoms with E-state index < -0.39 is 23.0 Å². The zero-order valence-corrected chi connectivity index (χ0v) is 18.3. The Morgan fingerprint density at radius 2 is 1.94 bits per heavy atom. The van der Waals surface area contributed by atoms with E-state index in [1.807, 2.05) is 44.2 Å². The SMILES string of the molecule is CC(C)(C#N)c1ccc(CN=C/C(=C\N)C(=O)NCc2cc(C#N)c(C(=N)N)cc2F)cc1. The van der Waals surface area contributed by atoms with Crippen LogP contribution in [0, 0.1) is 33.9 Å². The third-order valence-corrected chi connectivity index (χ3v) is 4.94. The highest BCUT2D eigenvalue weighted by atomic mass is 19.1. The molecule has 0 radical (unpaired) electrons. The summed E-state index contributed by atoms with van der Waals surface area (Å²) in [5, 5.41) is 28.3. The second-order valence-electron chi connectivity index (χ2n) is 7.72. The van der Waals surface area contributed by atoms with Crippen LogP contribution in [0.15, 0.2) is 53.2 Å². The first-order valence-corrected chi connectivity index (χ1v) is 9.90. The molecule has 0 aliphatic carbocycles. The van der Waals surface area contributed by atoms with E-state index in [1.165, 1.54) is 12.3 Å². The van der Waals surface area contributed by atoms with Gasteiger partial charge < -0.3 is 16.8 Å². The molecule has 0 spiro atoms. The molecular weight excluding hydrogens is 421 g/mol. The van der Waals surface area contributed by atoms with Gasteiger partial charge in [-0.3, -0.25) is 15.2 Å². The van der Waals surface area contributed by atoms with Crippen molar-refractivity contribution >= 4 is 18.0 Å². The number of nitrogen functional groups attached to an aromatic ring is 1. The standard InChI is InChI=1S/C24H24FN7O/c1-24(2,14-28)19-5-3-15(4-6-19)11-31-12-18(10-27)23(33)32-13-17-7-16(9-26)20(22(29)30)8-21(17)25/h3-8,10,12H,11,13,27H2,1-2H3,(H3,29,30)(H,32,33)/b18-10+,31-12?. The molecule has 0 atom stereocenters. The summed E-state index contributed by atoms with van der Waals surface area (Å²) in [7, 11) is 0. The van der Waals surface area contributed by atoms with Crippen molar-refractivity contribution in [1.29, 1.82) is 15.9 Å². The molecule has 0 unspecified atom stereocenters. The van der Waals surface area contributed by atoms with Gasteiger partial charge in [0.1, 0.15) is 11.7 Å². The molecule has 0 saturated carbocycles. The van der Waals surface area contributed by atoms with Gasteiger partial charge in [-0.25, -0.2) is 4.39 Å². The number of nitrogens with zero attached hydrogens (tertiary/aromatic N) is 3. The van der Waals surface area contributed by atoms with E-state index in [0.29, 0.717) is 6.54 Å². The molecule has 168 valence electrons. The fourth-order valence-electron chi connectivity index (χ4n) is 2.86. The highest BCUT2D eigenvalue weighted by molar-refractivity contribution is 6.12. The molecule has 0 saturated heterocycles. The Kier molecular flexibility index (Phi) is 8.02. The van der Waals surface area contributed by atoms with Gasteiger partial charge in [-0.2, -0.15) is 10.5 Å². The first-order valence-electron chi connectivity index (χ1n) is 9.90. The first kappa shape index (κ1) is 24.8. The van der Waals surface area contributed by atoms with E-state index in [4.69, 9.17) is 16.9 Å². The van der Waals surface area contributed by atoms with Gasteiger partial charge in [0.2, 0.25) is 0 Å². The number of carbonyl (C=O) groups is 1. The fraction of sp³-hybridized carbons (Fsp3) is 0.208. The maximum absolute atomic E-state index is 14.3. The fourth-order valence-corrected chi connectivity index (χ4v) is 2.86. The molecule has 0 aliphatic heterocycles. The number of aliphatic imine (C=N–C) groups is 1. The largest absolute Gasteiger partial charge is 0.404 e. The Hall–Kier alpha value is -4.50. The van der Waals surface area contributed by atoms with Crippen LogP contribution in [-0.2, 0) is 23.3 Å². The number of carbonyl (C=O) groups excluding carboxylic acids is 1. The van der Waals surface area contributed by atoms with E-state index in [-0.39, 0.29) is 28.8 Å². The van der Waals surface area contributed by atoms with Gasteiger partial charge in [0.15, 0.2) is 0 Å². The molecule has 0 fully saturated rings. The van der Waals surface area contributed by atoms with Gasteiger partial charge in [-0.15, -0.1) is 0 Å². The van der Waals surface area contributed by atoms with E-state index in [9.17, 15) is 19.7 Å². The normalized spacial score (nSPS) is 11.6. The molecule has 33 heavy (non-hydrogen) atoms. The van der Waals surface area contributed by atoms with Crippen molar-refractivity contribution in [3.8, 4) is 12.1 Å². The summed E-state index contributed by atoms with van der Waals surface area (Å²) in [6.07, 6.45) is 2.41. The second-order valence-corrected chi connectivity index (χ2v) is 7.72. The molecular formula is C24H24FN7O. The molecule has 2 aromatic rings. The summed E-state index contributed by atoms with van der Waals surface area (Å²) in [4.78, 5) is 16.6. The summed E-state index contributed by atoms with van der Waals surface area (Å²) in [5.74, 6) is -1.69. The Morgan fingerprint density at radius 1 is 1.27 bits per heavy atom. The predicted octanol–water partition coefficient (Wildman–Crippen LogP) is 2.51. The quantitative estimate of drug-likeness (QED) is 0.278. The van der Waals surface area contributed by atoms with Crippen LogP contribution >= 0.6 is 0 Å². The molecule has 0 aliphatic rings. The van der Waals surface area contributed by atoms with Crippen LogP contribution in [0.1, 0.15) is 41.7 Å². The van der Waals surface area contributed by atoms with Crippen LogP contribution in [-0.4, -0.2) is 18.0 Å². The molecule has 0 heterocycles. The van der Waals surface area contributed by atoms with Crippen LogP contribution in [0.25, 0.3) is 0 Å². The highest BCUT2D eigenvalue weighted by Crippen LogP contribution is 2.22. The van der Waals surface area contributed by atoms with Crippen molar-refractivity contribution in [3.63, 3.8) is 0 Å². The predicted molar refractivity (Wildman–Crippen MR) is 124 cm³/mol. The summed E-state index contributed by atoms with van der Waals surface area (Å²) >= 11 is 0. The number of rotatable bonds is 8. The van der Waals surface area contributed by atoms with Gasteiger partial charge >= 0.3 is 0 Å². The summed E-state index contributed by atoms with van der Waals surface area (Å²) < 4.78 is 14.3. The number of benzene rings is 2. The lowest BCUT2D eigenvalue weighted by Gasteiger charge is -2.15. The Bertz CT molecular complexity index is 1200. The lowest BCUT2D eigenvalue weighted by atomic mass is 9.86. The van der Waals surface area contributed by atoms with Gasteiger partial charge in [0.05, 0.1) is 35.2 Å². The van der Waals surface area contributed by atoms with Crippen LogP contribution in [0.2, 0.25) is 0 Å². The maximum Gasteiger partial charge on any atom is 0.254 e. The Morgan fingerprint density at radius 3 is 2.48 bits per heavy atom. The second kappa shape index (κ2) is 10.7. The molecule has 0 aromatic heterocycles. The van der Waals surface area contributed by atoms with Crippen LogP contribution in [0.3, 0.4) is 0 Å². The van der Waals surface area contributed by atoms with Crippen molar-refractivity contribution in [2.45, 2.75) is 32.4 Å². The number of nitriles is 2. The lowest BCUT2D eigenvalue weighted by molar-refractivity contribution is -0.117. The molecule has 8 nitrogen and oxygen atoms in total. The average Bonchev–Trinajstić information content (AvgIpc) is 2.80. The summed E-state index contributed by atoms with van der Waals surface area (Å²) in [6, 6.07) is 13.8. The van der Waals surface area contributed by atoms with Gasteiger partial charge in [-0.1, -0.05) is 24.3 Å². The van der Waals surface area contributed by atoms with E-state index >= 15 is 0 Å². The molecule has 6 N–H and O–H groups in total. The first-order chi connectivity index (χ1) is 15.6. The number of amides is 1. The van der Waals surface area contributed by atoms with Gasteiger partial charge in [-0.05, 0) is 37.1 Å². The zero-order valence-electron chi connectivity index (χ0n) is 18.3. The average molecular weight is 446 g/mol. The Labute approximate surface area is 191 Å². The van der Waals surface area contributed by atoms with Crippen molar-refractivity contribution in [2.75, 3.05) is 0 Å². The summed E-state index contributed by atoms with van der Waals surface area (Å²) in [5.41, 5.74) is 12.3. The monoisotopic (exact) mass is 445 g/mol. The third kappa shape index (κ3) is 6.25. The number of nitrogens with one attached hydrogen (secondary N) is 2. The van der Waals surface area contributed by atoms with Crippen molar-refractivity contribution in [2.24, 2.45) is 16.5 Å². The number of hydrogen-bond donors (Lipinski definition) is 4. The van der Waals surface area contributed by atoms with E-state index in [0.717, 1.165) is 23.4 Å². The number of amidine groups is 1. The molecule has 0 bridgehead atoms. The third-order valence-electron chi connectivity index (χ3n) is 4.94. The highest BCUT2D eigenvalue weighted by Gasteiger charge is 2.19.